The molecule has 2 aromatic rings. The predicted molar refractivity (Wildman–Crippen MR) is 103 cm³/mol. The second-order valence-electron chi connectivity index (χ2n) is 5.23. The number of carbonyl (C=O) groups excluding carboxylic acids is 2. The third-order valence-electron chi connectivity index (χ3n) is 3.60. The largest absolute Gasteiger partial charge is 0.497 e. The second-order valence-corrected chi connectivity index (χ2v) is 7.77. The Morgan fingerprint density at radius 1 is 1.04 bits per heavy atom. The summed E-state index contributed by atoms with van der Waals surface area (Å²) in [7, 11) is -0.0204. The van der Waals surface area contributed by atoms with Crippen molar-refractivity contribution in [2.75, 3.05) is 26.0 Å². The zero-order chi connectivity index (χ0) is 20.2. The highest BCUT2D eigenvalue weighted by molar-refractivity contribution is 9.10. The van der Waals surface area contributed by atoms with E-state index >= 15 is 0 Å². The third-order valence-corrected chi connectivity index (χ3v) is 5.65. The Hall–Kier alpha value is -2.59. The minimum Gasteiger partial charge on any atom is -0.497 e. The first-order valence-electron chi connectivity index (χ1n) is 7.54. The maximum Gasteiger partial charge on any atom is 0.339 e. The number of hydrogen-bond acceptors (Lipinski definition) is 6. The molecule has 0 aliphatic heterocycles. The van der Waals surface area contributed by atoms with Gasteiger partial charge in [-0.25, -0.2) is 13.2 Å². The summed E-state index contributed by atoms with van der Waals surface area (Å²) in [6.07, 6.45) is 0. The number of sulfonamides is 1. The van der Waals surface area contributed by atoms with E-state index in [4.69, 9.17) is 4.74 Å². The van der Waals surface area contributed by atoms with Crippen LogP contribution in [0.25, 0.3) is 0 Å². The fourth-order valence-corrected chi connectivity index (χ4v) is 3.72. The van der Waals surface area contributed by atoms with Crippen molar-refractivity contribution < 1.29 is 27.5 Å². The molecule has 0 unspecified atom stereocenters. The van der Waals surface area contributed by atoms with E-state index in [1.165, 1.54) is 57.7 Å². The summed E-state index contributed by atoms with van der Waals surface area (Å²) in [6.45, 7) is 0. The summed E-state index contributed by atoms with van der Waals surface area (Å²) in [5.41, 5.74) is 0.213. The molecule has 0 aliphatic carbocycles. The van der Waals surface area contributed by atoms with Crippen LogP contribution in [-0.2, 0) is 14.8 Å². The van der Waals surface area contributed by atoms with Crippen molar-refractivity contribution in [3.05, 3.63) is 52.0 Å². The Balaban J connectivity index is 2.48. The molecule has 0 aliphatic rings. The molecule has 2 aromatic carbocycles. The van der Waals surface area contributed by atoms with Crippen molar-refractivity contribution in [1.29, 1.82) is 0 Å². The molecule has 0 radical (unpaired) electrons. The number of esters is 1. The quantitative estimate of drug-likeness (QED) is 0.645. The van der Waals surface area contributed by atoms with E-state index < -0.39 is 21.9 Å². The van der Waals surface area contributed by atoms with Crippen LogP contribution in [0.15, 0.2) is 45.8 Å². The normalized spacial score (nSPS) is 10.8. The lowest BCUT2D eigenvalue weighted by Gasteiger charge is -2.14. The van der Waals surface area contributed by atoms with Crippen LogP contribution < -0.4 is 14.8 Å². The minimum atomic E-state index is -4.08. The van der Waals surface area contributed by atoms with Gasteiger partial charge in [0.15, 0.2) is 0 Å². The lowest BCUT2D eigenvalue weighted by molar-refractivity contribution is 0.0599. The topological polar surface area (TPSA) is 111 Å². The number of nitrogens with one attached hydrogen (secondary N) is 2. The molecule has 0 saturated carbocycles. The van der Waals surface area contributed by atoms with Crippen LogP contribution in [0.5, 0.6) is 5.75 Å². The zero-order valence-electron chi connectivity index (χ0n) is 14.7. The van der Waals surface area contributed by atoms with Gasteiger partial charge in [0.25, 0.3) is 15.9 Å². The van der Waals surface area contributed by atoms with Crippen LogP contribution in [0.4, 0.5) is 5.69 Å². The van der Waals surface area contributed by atoms with Crippen LogP contribution >= 0.6 is 15.9 Å². The Labute approximate surface area is 165 Å². The maximum atomic E-state index is 12.8. The van der Waals surface area contributed by atoms with Gasteiger partial charge in [0.1, 0.15) is 5.75 Å². The number of halogens is 1. The molecule has 144 valence electrons. The lowest BCUT2D eigenvalue weighted by atomic mass is 10.1. The summed E-state index contributed by atoms with van der Waals surface area (Å²) < 4.78 is 38.0. The van der Waals surface area contributed by atoms with Gasteiger partial charge >= 0.3 is 5.97 Å². The molecule has 2 N–H and O–H groups in total. The van der Waals surface area contributed by atoms with Gasteiger partial charge in [-0.05, 0) is 52.3 Å². The van der Waals surface area contributed by atoms with Gasteiger partial charge in [0.05, 0.1) is 35.9 Å². The van der Waals surface area contributed by atoms with Gasteiger partial charge in [0, 0.05) is 11.5 Å². The summed E-state index contributed by atoms with van der Waals surface area (Å²) in [5.74, 6) is -0.778. The van der Waals surface area contributed by atoms with Crippen LogP contribution in [0, 0.1) is 0 Å². The van der Waals surface area contributed by atoms with Crippen LogP contribution in [0.2, 0.25) is 0 Å². The Morgan fingerprint density at radius 3 is 2.33 bits per heavy atom. The summed E-state index contributed by atoms with van der Waals surface area (Å²) in [6, 6.07) is 8.28. The molecular formula is C17H17BrN2O6S. The lowest BCUT2D eigenvalue weighted by Crippen LogP contribution is -2.22. The van der Waals surface area contributed by atoms with E-state index in [1.54, 1.807) is 0 Å². The van der Waals surface area contributed by atoms with E-state index in [2.05, 4.69) is 30.7 Å². The van der Waals surface area contributed by atoms with Crippen molar-refractivity contribution in [3.8, 4) is 5.75 Å². The summed E-state index contributed by atoms with van der Waals surface area (Å²) in [4.78, 5) is 23.7. The number of benzene rings is 2. The van der Waals surface area contributed by atoms with Crippen molar-refractivity contribution in [2.24, 2.45) is 0 Å². The number of anilines is 1. The van der Waals surface area contributed by atoms with E-state index in [0.717, 1.165) is 0 Å². The highest BCUT2D eigenvalue weighted by Gasteiger charge is 2.22. The first-order chi connectivity index (χ1) is 12.7. The molecule has 0 saturated heterocycles. The fraction of sp³-hybridized carbons (Fsp3) is 0.176. The number of carbonyl (C=O) groups is 2. The SMILES string of the molecule is CNC(=O)c1cc(OC)ccc1NS(=O)(=O)c1ccc(Br)c(C(=O)OC)c1. The van der Waals surface area contributed by atoms with E-state index in [9.17, 15) is 18.0 Å². The number of methoxy groups -OCH3 is 2. The van der Waals surface area contributed by atoms with E-state index in [1.807, 2.05) is 0 Å². The van der Waals surface area contributed by atoms with Crippen molar-refractivity contribution in [3.63, 3.8) is 0 Å². The molecule has 0 bridgehead atoms. The van der Waals surface area contributed by atoms with Crippen molar-refractivity contribution >= 4 is 43.5 Å². The van der Waals surface area contributed by atoms with Gasteiger partial charge in [-0.3, -0.25) is 9.52 Å². The highest BCUT2D eigenvalue weighted by atomic mass is 79.9. The van der Waals surface area contributed by atoms with Crippen LogP contribution in [-0.4, -0.2) is 41.6 Å². The van der Waals surface area contributed by atoms with E-state index in [-0.39, 0.29) is 21.7 Å². The first-order valence-corrected chi connectivity index (χ1v) is 9.82. The average molecular weight is 457 g/mol. The van der Waals surface area contributed by atoms with Gasteiger partial charge in [-0.15, -0.1) is 0 Å². The van der Waals surface area contributed by atoms with Crippen LogP contribution in [0.3, 0.4) is 0 Å². The Kier molecular flexibility index (Phi) is 6.45. The fourth-order valence-electron chi connectivity index (χ4n) is 2.20. The monoisotopic (exact) mass is 456 g/mol. The third kappa shape index (κ3) is 4.58. The Morgan fingerprint density at radius 2 is 1.74 bits per heavy atom. The molecule has 27 heavy (non-hydrogen) atoms. The number of ether oxygens (including phenoxy) is 2. The van der Waals surface area contributed by atoms with E-state index in [0.29, 0.717) is 10.2 Å². The molecule has 0 atom stereocenters. The van der Waals surface area contributed by atoms with Gasteiger partial charge in [-0.1, -0.05) is 0 Å². The smallest absolute Gasteiger partial charge is 0.339 e. The number of amides is 1. The molecule has 0 fully saturated rings. The van der Waals surface area contributed by atoms with Gasteiger partial charge < -0.3 is 14.8 Å². The first kappa shape index (κ1) is 20.7. The summed E-state index contributed by atoms with van der Waals surface area (Å²) in [5, 5.41) is 2.44. The second kappa shape index (κ2) is 8.40. The molecular weight excluding hydrogens is 440 g/mol. The molecule has 8 nitrogen and oxygen atoms in total. The standard InChI is InChI=1S/C17H17BrN2O6S/c1-19-16(21)13-8-10(25-2)4-7-15(13)20-27(23,24)11-5-6-14(18)12(9-11)17(22)26-3/h4-9,20H,1-3H3,(H,19,21). The molecule has 0 aromatic heterocycles. The molecule has 10 heteroatoms. The van der Waals surface area contributed by atoms with Crippen LogP contribution in [0.1, 0.15) is 20.7 Å². The number of hydrogen-bond donors (Lipinski definition) is 2. The Bertz CT molecular complexity index is 991. The minimum absolute atomic E-state index is 0.0571. The average Bonchev–Trinajstić information content (AvgIpc) is 2.66. The van der Waals surface area contributed by atoms with Gasteiger partial charge in [0.2, 0.25) is 0 Å². The molecule has 0 heterocycles. The maximum absolute atomic E-state index is 12.8. The molecule has 2 rings (SSSR count). The molecule has 1 amide bonds. The van der Waals surface area contributed by atoms with Gasteiger partial charge in [-0.2, -0.15) is 0 Å². The predicted octanol–water partition coefficient (Wildman–Crippen LogP) is 2.40. The zero-order valence-corrected chi connectivity index (χ0v) is 17.1. The number of rotatable bonds is 6. The highest BCUT2D eigenvalue weighted by Crippen LogP contribution is 2.27. The van der Waals surface area contributed by atoms with Crippen molar-refractivity contribution in [1.82, 2.24) is 5.32 Å². The molecule has 0 spiro atoms. The summed E-state index contributed by atoms with van der Waals surface area (Å²) >= 11 is 3.18. The van der Waals surface area contributed by atoms with Crippen molar-refractivity contribution in [2.45, 2.75) is 4.90 Å².